The zero-order chi connectivity index (χ0) is 31.8. The number of carbonyl (C=O) groups is 2. The number of halogens is 1. The molecular weight excluding hydrogens is 695 g/mol. The van der Waals surface area contributed by atoms with Crippen LogP contribution in [0.4, 0.5) is 5.82 Å². The van der Waals surface area contributed by atoms with E-state index in [-0.39, 0.29) is 18.3 Å². The van der Waals surface area contributed by atoms with Crippen LogP contribution in [0.2, 0.25) is 51.4 Å². The van der Waals surface area contributed by atoms with Crippen LogP contribution in [-0.2, 0) is 28.5 Å². The Bertz CT molecular complexity index is 1260. The summed E-state index contributed by atoms with van der Waals surface area (Å²) in [6.07, 6.45) is 4.61. The second-order valence-electron chi connectivity index (χ2n) is 13.5. The third kappa shape index (κ3) is 11.2. The molecule has 2 aromatic heterocycles. The number of fused-ring (bicyclic) bond motifs is 1. The Hall–Kier alpha value is -1.82. The Morgan fingerprint density at radius 1 is 1.02 bits per heavy atom. The van der Waals surface area contributed by atoms with E-state index in [2.05, 4.69) is 77.9 Å². The Kier molecular flexibility index (Phi) is 13.2. The minimum atomic E-state index is -1.23. The minimum absolute atomic E-state index is 0.0411. The topological polar surface area (TPSA) is 104 Å². The quantitative estimate of drug-likeness (QED) is 0.0371. The van der Waals surface area contributed by atoms with Gasteiger partial charge in [0.25, 0.3) is 0 Å². The van der Waals surface area contributed by atoms with Crippen LogP contribution < -0.4 is 4.90 Å². The van der Waals surface area contributed by atoms with Gasteiger partial charge in [-0.15, -0.1) is 0 Å². The van der Waals surface area contributed by atoms with Crippen LogP contribution in [-0.4, -0.2) is 76.0 Å². The summed E-state index contributed by atoms with van der Waals surface area (Å²) in [7, 11) is -2.45. The van der Waals surface area contributed by atoms with Gasteiger partial charge in [-0.1, -0.05) is 39.3 Å². The summed E-state index contributed by atoms with van der Waals surface area (Å²) < 4.78 is 25.7. The number of rotatable bonds is 15. The molecule has 0 amide bonds. The highest BCUT2D eigenvalue weighted by molar-refractivity contribution is 14.1. The summed E-state index contributed by atoms with van der Waals surface area (Å²) in [4.78, 5) is 31.4. The summed E-state index contributed by atoms with van der Waals surface area (Å²) >= 11 is 2.28. The number of allylic oxidation sites excluding steroid dienone is 1. The molecule has 0 aliphatic heterocycles. The maximum atomic E-state index is 12.5. The summed E-state index contributed by atoms with van der Waals surface area (Å²) in [6.45, 7) is 19.6. The van der Waals surface area contributed by atoms with Crippen molar-refractivity contribution in [1.82, 2.24) is 14.6 Å². The Morgan fingerprint density at radius 3 is 2.12 bits per heavy atom. The van der Waals surface area contributed by atoms with Gasteiger partial charge in [-0.2, -0.15) is 9.61 Å². The lowest BCUT2D eigenvalue weighted by Crippen LogP contribution is -2.33. The molecule has 0 atom stereocenters. The number of aromatic nitrogens is 3. The van der Waals surface area contributed by atoms with Crippen LogP contribution in [0.3, 0.4) is 0 Å². The van der Waals surface area contributed by atoms with E-state index >= 15 is 0 Å². The van der Waals surface area contributed by atoms with Crippen LogP contribution in [0.25, 0.3) is 5.65 Å². The van der Waals surface area contributed by atoms with Crippen molar-refractivity contribution < 1.29 is 28.5 Å². The first-order valence-corrected chi connectivity index (χ1v) is 23.7. The molecule has 240 valence electrons. The van der Waals surface area contributed by atoms with Gasteiger partial charge >= 0.3 is 11.9 Å². The minimum Gasteiger partial charge on any atom is -0.460 e. The number of hydrogen-bond donors (Lipinski definition) is 0. The highest BCUT2D eigenvalue weighted by Gasteiger charge is 2.28. The predicted molar refractivity (Wildman–Crippen MR) is 183 cm³/mol. The molecule has 0 spiro atoms. The first kappa shape index (κ1) is 35.7. The van der Waals surface area contributed by atoms with Crippen molar-refractivity contribution in [3.05, 3.63) is 32.9 Å². The van der Waals surface area contributed by atoms with E-state index < -0.39 is 28.1 Å². The molecule has 0 radical (unpaired) electrons. The van der Waals surface area contributed by atoms with Crippen molar-refractivity contribution in [2.45, 2.75) is 96.8 Å². The molecule has 0 bridgehead atoms. The van der Waals surface area contributed by atoms with Crippen molar-refractivity contribution in [2.24, 2.45) is 0 Å². The third-order valence-corrected chi connectivity index (χ3v) is 11.4. The highest BCUT2D eigenvalue weighted by Crippen LogP contribution is 2.38. The smallest absolute Gasteiger partial charge is 0.374 e. The van der Waals surface area contributed by atoms with E-state index in [1.54, 1.807) is 6.92 Å². The van der Waals surface area contributed by atoms with Gasteiger partial charge < -0.3 is 23.8 Å². The zero-order valence-corrected chi connectivity index (χ0v) is 31.3. The summed E-state index contributed by atoms with van der Waals surface area (Å²) in [5, 5.41) is 4.66. The van der Waals surface area contributed by atoms with Gasteiger partial charge in [0, 0.05) is 54.0 Å². The van der Waals surface area contributed by atoms with Gasteiger partial charge in [-0.05, 0) is 72.9 Å². The fraction of sp³-hybridized carbons (Fsp3) is 0.667. The lowest BCUT2D eigenvalue weighted by molar-refractivity contribution is -0.150. The van der Waals surface area contributed by atoms with Crippen LogP contribution in [0, 0.1) is 3.57 Å². The number of ether oxygens (including phenoxy) is 4. The second kappa shape index (κ2) is 16.0. The van der Waals surface area contributed by atoms with Gasteiger partial charge in [-0.3, -0.25) is 4.79 Å². The molecule has 1 aliphatic rings. The monoisotopic (exact) mass is 744 g/mol. The first-order valence-electron chi connectivity index (χ1n) is 15.2. The van der Waals surface area contributed by atoms with Crippen LogP contribution in [0.5, 0.6) is 0 Å². The van der Waals surface area contributed by atoms with E-state index in [0.29, 0.717) is 39.5 Å². The van der Waals surface area contributed by atoms with E-state index in [4.69, 9.17) is 23.9 Å². The third-order valence-electron chi connectivity index (χ3n) is 7.28. The summed E-state index contributed by atoms with van der Waals surface area (Å²) in [5.74, 6) is -0.0113. The average molecular weight is 745 g/mol. The maximum absolute atomic E-state index is 12.5. The van der Waals surface area contributed by atoms with E-state index in [0.717, 1.165) is 51.2 Å². The Labute approximate surface area is 272 Å². The van der Waals surface area contributed by atoms with E-state index in [1.807, 2.05) is 10.7 Å². The Balaban J connectivity index is 1.88. The fourth-order valence-corrected chi connectivity index (χ4v) is 6.72. The molecule has 3 rings (SSSR count). The van der Waals surface area contributed by atoms with Crippen LogP contribution in [0.15, 0.2) is 23.6 Å². The van der Waals surface area contributed by atoms with Crippen molar-refractivity contribution in [1.29, 1.82) is 0 Å². The standard InChI is InChI=1S/C30H49IN4O6Si2/c1-9-40-30(37)28(41-22(2)36)24-12-10-23(11-13-24)26-18-27(35-29(33-26)25(31)19-32-35)34(20-38-14-16-42(3,4)5)21-39-15-17-43(6,7)8/h18-19,23H,9-17,20-21H2,1-8H3. The highest BCUT2D eigenvalue weighted by atomic mass is 127. The van der Waals surface area contributed by atoms with Gasteiger partial charge in [-0.25, -0.2) is 9.78 Å². The molecule has 0 unspecified atom stereocenters. The first-order chi connectivity index (χ1) is 20.2. The van der Waals surface area contributed by atoms with E-state index in [9.17, 15) is 9.59 Å². The SMILES string of the molecule is CCOC(=O)C(OC(C)=O)=C1CCC(c2cc(N(COCC[Si](C)(C)C)COCC[Si](C)(C)C)n3ncc(I)c3n2)CC1. The summed E-state index contributed by atoms with van der Waals surface area (Å²) in [6, 6.07) is 4.29. The van der Waals surface area contributed by atoms with Gasteiger partial charge in [0.2, 0.25) is 5.76 Å². The van der Waals surface area contributed by atoms with Crippen molar-refractivity contribution in [2.75, 3.05) is 38.2 Å². The van der Waals surface area contributed by atoms with Crippen molar-refractivity contribution >= 4 is 62.1 Å². The number of anilines is 1. The maximum Gasteiger partial charge on any atom is 0.374 e. The molecule has 0 aromatic carbocycles. The molecule has 1 aliphatic carbocycles. The molecule has 2 aromatic rings. The molecule has 1 saturated carbocycles. The second-order valence-corrected chi connectivity index (χ2v) is 25.9. The lowest BCUT2D eigenvalue weighted by Gasteiger charge is -2.28. The molecule has 13 heteroatoms. The van der Waals surface area contributed by atoms with Crippen LogP contribution in [0.1, 0.15) is 51.1 Å². The summed E-state index contributed by atoms with van der Waals surface area (Å²) in [5.41, 5.74) is 2.59. The van der Waals surface area contributed by atoms with Gasteiger partial charge in [0.1, 0.15) is 19.3 Å². The van der Waals surface area contributed by atoms with Gasteiger partial charge in [0.05, 0.1) is 16.4 Å². The van der Waals surface area contributed by atoms with Crippen molar-refractivity contribution in [3.63, 3.8) is 0 Å². The van der Waals surface area contributed by atoms with E-state index in [1.165, 1.54) is 6.92 Å². The molecule has 43 heavy (non-hydrogen) atoms. The number of carbonyl (C=O) groups excluding carboxylic acids is 2. The number of hydrogen-bond acceptors (Lipinski definition) is 9. The molecule has 10 nitrogen and oxygen atoms in total. The molecular formula is C30H49IN4O6Si2. The zero-order valence-electron chi connectivity index (χ0n) is 27.1. The number of esters is 2. The molecule has 2 heterocycles. The molecule has 0 saturated heterocycles. The molecule has 0 N–H and O–H groups in total. The lowest BCUT2D eigenvalue weighted by atomic mass is 9.83. The fourth-order valence-electron chi connectivity index (χ4n) is 4.74. The van der Waals surface area contributed by atoms with Gasteiger partial charge in [0.15, 0.2) is 5.65 Å². The average Bonchev–Trinajstić information content (AvgIpc) is 3.30. The normalized spacial score (nSPS) is 15.9. The largest absolute Gasteiger partial charge is 0.460 e. The molecule has 1 fully saturated rings. The Morgan fingerprint density at radius 2 is 1.60 bits per heavy atom. The van der Waals surface area contributed by atoms with Crippen molar-refractivity contribution in [3.8, 4) is 0 Å². The number of nitrogens with zero attached hydrogens (tertiary/aromatic N) is 4. The van der Waals surface area contributed by atoms with Crippen LogP contribution >= 0.6 is 22.6 Å². The predicted octanol–water partition coefficient (Wildman–Crippen LogP) is 6.80.